The number of carbonyl (C=O) groups excluding carboxylic acids is 1. The number of carbonyl (C=O) groups is 1. The minimum absolute atomic E-state index is 0.0347. The van der Waals surface area contributed by atoms with Gasteiger partial charge >= 0.3 is 0 Å². The van der Waals surface area contributed by atoms with Gasteiger partial charge in [0.25, 0.3) is 5.91 Å². The zero-order chi connectivity index (χ0) is 17.8. The molecule has 2 heterocycles. The molecular formula is C16H15FN6O2. The molecule has 0 atom stereocenters. The first-order chi connectivity index (χ1) is 12.1. The Bertz CT molecular complexity index is 911. The van der Waals surface area contributed by atoms with E-state index in [4.69, 9.17) is 10.5 Å². The van der Waals surface area contributed by atoms with Crippen molar-refractivity contribution in [3.63, 3.8) is 0 Å². The van der Waals surface area contributed by atoms with Gasteiger partial charge in [0, 0.05) is 18.6 Å². The monoisotopic (exact) mass is 342 g/mol. The molecule has 0 aliphatic carbocycles. The summed E-state index contributed by atoms with van der Waals surface area (Å²) in [5, 5.41) is 6.77. The minimum atomic E-state index is -0.486. The Morgan fingerprint density at radius 2 is 2.16 bits per heavy atom. The zero-order valence-corrected chi connectivity index (χ0v) is 13.3. The molecule has 1 amide bonds. The molecule has 0 radical (unpaired) electrons. The van der Waals surface area contributed by atoms with Crippen molar-refractivity contribution in [2.45, 2.75) is 6.54 Å². The smallest absolute Gasteiger partial charge is 0.278 e. The Morgan fingerprint density at radius 1 is 1.36 bits per heavy atom. The molecule has 0 unspecified atom stereocenters. The average molecular weight is 342 g/mol. The van der Waals surface area contributed by atoms with Crippen molar-refractivity contribution in [1.82, 2.24) is 19.7 Å². The molecule has 0 saturated heterocycles. The van der Waals surface area contributed by atoms with Crippen LogP contribution >= 0.6 is 0 Å². The number of nitrogens with one attached hydrogen (secondary N) is 1. The summed E-state index contributed by atoms with van der Waals surface area (Å²) in [5.74, 6) is -0.709. The highest BCUT2D eigenvalue weighted by Crippen LogP contribution is 2.18. The van der Waals surface area contributed by atoms with E-state index in [9.17, 15) is 9.18 Å². The number of anilines is 2. The number of nitrogens with zero attached hydrogens (tertiary/aromatic N) is 4. The highest BCUT2D eigenvalue weighted by molar-refractivity contribution is 6.05. The Labute approximate surface area is 142 Å². The van der Waals surface area contributed by atoms with Crippen molar-refractivity contribution in [1.29, 1.82) is 0 Å². The van der Waals surface area contributed by atoms with E-state index in [2.05, 4.69) is 20.4 Å². The van der Waals surface area contributed by atoms with Gasteiger partial charge in [-0.2, -0.15) is 5.10 Å². The Morgan fingerprint density at radius 3 is 2.88 bits per heavy atom. The lowest BCUT2D eigenvalue weighted by atomic mass is 10.2. The van der Waals surface area contributed by atoms with Gasteiger partial charge in [0.05, 0.1) is 25.5 Å². The molecule has 3 N–H and O–H groups in total. The third-order valence-corrected chi connectivity index (χ3v) is 3.39. The molecule has 8 nitrogen and oxygen atoms in total. The lowest BCUT2D eigenvalue weighted by Crippen LogP contribution is -2.16. The van der Waals surface area contributed by atoms with E-state index in [-0.39, 0.29) is 17.3 Å². The number of aromatic nitrogens is 4. The number of ether oxygens (including phenoxy) is 1. The SMILES string of the molecule is COc1ccc(Cn2cc(NC(=O)c3nccnc3N)cn2)cc1F. The fourth-order valence-corrected chi connectivity index (χ4v) is 2.22. The first kappa shape index (κ1) is 16.4. The molecule has 0 spiro atoms. The first-order valence-electron chi connectivity index (χ1n) is 7.29. The van der Waals surface area contributed by atoms with E-state index < -0.39 is 11.7 Å². The summed E-state index contributed by atoms with van der Waals surface area (Å²) in [5.41, 5.74) is 6.82. The summed E-state index contributed by atoms with van der Waals surface area (Å²) >= 11 is 0. The maximum absolute atomic E-state index is 13.7. The molecule has 128 valence electrons. The molecule has 0 aliphatic heterocycles. The fourth-order valence-electron chi connectivity index (χ4n) is 2.22. The second-order valence-corrected chi connectivity index (χ2v) is 5.14. The number of hydrogen-bond donors (Lipinski definition) is 2. The van der Waals surface area contributed by atoms with Crippen molar-refractivity contribution in [2.75, 3.05) is 18.2 Å². The van der Waals surface area contributed by atoms with Crippen molar-refractivity contribution < 1.29 is 13.9 Å². The maximum Gasteiger partial charge on any atom is 0.278 e. The Hall–Kier alpha value is -3.49. The number of rotatable bonds is 5. The second-order valence-electron chi connectivity index (χ2n) is 5.14. The number of nitrogen functional groups attached to an aromatic ring is 1. The van der Waals surface area contributed by atoms with Crippen LogP contribution in [-0.4, -0.2) is 32.8 Å². The number of nitrogens with two attached hydrogens (primary N) is 1. The van der Waals surface area contributed by atoms with E-state index in [1.165, 1.54) is 31.8 Å². The normalized spacial score (nSPS) is 10.5. The molecule has 2 aromatic heterocycles. The van der Waals surface area contributed by atoms with Gasteiger partial charge in [-0.1, -0.05) is 6.07 Å². The van der Waals surface area contributed by atoms with E-state index in [0.29, 0.717) is 17.8 Å². The van der Waals surface area contributed by atoms with Crippen LogP contribution in [0.2, 0.25) is 0 Å². The van der Waals surface area contributed by atoms with Gasteiger partial charge in [0.2, 0.25) is 0 Å². The number of amides is 1. The number of halogens is 1. The standard InChI is InChI=1S/C16H15FN6O2/c1-25-13-3-2-10(6-12(13)17)8-23-9-11(7-21-23)22-16(24)14-15(18)20-5-4-19-14/h2-7,9H,8H2,1H3,(H2,18,20)(H,22,24). The van der Waals surface area contributed by atoms with Crippen LogP contribution in [0.5, 0.6) is 5.75 Å². The lowest BCUT2D eigenvalue weighted by molar-refractivity contribution is 0.102. The van der Waals surface area contributed by atoms with Gasteiger partial charge in [-0.05, 0) is 17.7 Å². The number of hydrogen-bond acceptors (Lipinski definition) is 6. The van der Waals surface area contributed by atoms with Crippen LogP contribution in [-0.2, 0) is 6.54 Å². The van der Waals surface area contributed by atoms with Crippen LogP contribution in [0, 0.1) is 5.82 Å². The van der Waals surface area contributed by atoms with Crippen LogP contribution in [0.15, 0.2) is 43.0 Å². The van der Waals surface area contributed by atoms with Gasteiger partial charge in [-0.25, -0.2) is 14.4 Å². The summed E-state index contributed by atoms with van der Waals surface area (Å²) in [6.07, 6.45) is 5.88. The third kappa shape index (κ3) is 3.71. The highest BCUT2D eigenvalue weighted by atomic mass is 19.1. The minimum Gasteiger partial charge on any atom is -0.494 e. The maximum atomic E-state index is 13.7. The predicted molar refractivity (Wildman–Crippen MR) is 88.7 cm³/mol. The zero-order valence-electron chi connectivity index (χ0n) is 13.3. The number of benzene rings is 1. The molecule has 1 aromatic carbocycles. The van der Waals surface area contributed by atoms with Crippen molar-refractivity contribution >= 4 is 17.4 Å². The van der Waals surface area contributed by atoms with Gasteiger partial charge in [0.15, 0.2) is 23.1 Å². The first-order valence-corrected chi connectivity index (χ1v) is 7.29. The predicted octanol–water partition coefficient (Wildman–Crippen LogP) is 1.70. The van der Waals surface area contributed by atoms with Crippen LogP contribution in [0.3, 0.4) is 0 Å². The average Bonchev–Trinajstić information content (AvgIpc) is 3.02. The van der Waals surface area contributed by atoms with Gasteiger partial charge in [-0.15, -0.1) is 0 Å². The van der Waals surface area contributed by atoms with Crippen LogP contribution in [0.4, 0.5) is 15.9 Å². The van der Waals surface area contributed by atoms with E-state index in [0.717, 1.165) is 0 Å². The second kappa shape index (κ2) is 6.95. The Balaban J connectivity index is 1.69. The molecule has 0 saturated carbocycles. The quantitative estimate of drug-likeness (QED) is 0.731. The largest absolute Gasteiger partial charge is 0.494 e. The summed E-state index contributed by atoms with van der Waals surface area (Å²) in [6.45, 7) is 0.337. The molecule has 0 bridgehead atoms. The van der Waals surface area contributed by atoms with E-state index in [1.54, 1.807) is 23.0 Å². The van der Waals surface area contributed by atoms with Gasteiger partial charge in [0.1, 0.15) is 0 Å². The third-order valence-electron chi connectivity index (χ3n) is 3.39. The van der Waals surface area contributed by atoms with Crippen LogP contribution in [0.1, 0.15) is 16.1 Å². The molecule has 9 heteroatoms. The molecule has 3 aromatic rings. The van der Waals surface area contributed by atoms with Gasteiger partial charge < -0.3 is 15.8 Å². The number of methoxy groups -OCH3 is 1. The fraction of sp³-hybridized carbons (Fsp3) is 0.125. The summed E-state index contributed by atoms with van der Waals surface area (Å²) in [4.78, 5) is 19.8. The molecule has 0 aliphatic rings. The van der Waals surface area contributed by atoms with Crippen LogP contribution < -0.4 is 15.8 Å². The highest BCUT2D eigenvalue weighted by Gasteiger charge is 2.13. The van der Waals surface area contributed by atoms with Gasteiger partial charge in [-0.3, -0.25) is 9.48 Å². The van der Waals surface area contributed by atoms with Crippen molar-refractivity contribution in [3.05, 3.63) is 60.1 Å². The topological polar surface area (TPSA) is 108 Å². The summed E-state index contributed by atoms with van der Waals surface area (Å²) in [7, 11) is 1.41. The molecule has 0 fully saturated rings. The van der Waals surface area contributed by atoms with E-state index in [1.807, 2.05) is 0 Å². The van der Waals surface area contributed by atoms with Crippen molar-refractivity contribution in [3.8, 4) is 5.75 Å². The lowest BCUT2D eigenvalue weighted by Gasteiger charge is -2.05. The van der Waals surface area contributed by atoms with E-state index >= 15 is 0 Å². The molecule has 3 rings (SSSR count). The summed E-state index contributed by atoms with van der Waals surface area (Å²) < 4.78 is 20.2. The Kier molecular flexibility index (Phi) is 4.55. The van der Waals surface area contributed by atoms with Crippen molar-refractivity contribution in [2.24, 2.45) is 0 Å². The summed E-state index contributed by atoms with van der Waals surface area (Å²) in [6, 6.07) is 4.66. The molecular weight excluding hydrogens is 327 g/mol. The molecule has 25 heavy (non-hydrogen) atoms. The van der Waals surface area contributed by atoms with Crippen LogP contribution in [0.25, 0.3) is 0 Å².